The molecule has 0 radical (unpaired) electrons. The third-order valence-corrected chi connectivity index (χ3v) is 3.86. The molecule has 0 bridgehead atoms. The third kappa shape index (κ3) is 2.61. The molecule has 118 valence electrons. The molecular weight excluding hydrogens is 284 g/mol. The summed E-state index contributed by atoms with van der Waals surface area (Å²) in [6, 6.07) is 7.87. The molecule has 2 heterocycles. The Hall–Kier alpha value is -1.89. The van der Waals surface area contributed by atoms with Gasteiger partial charge in [0.05, 0.1) is 29.5 Å². The number of para-hydroxylation sites is 2. The van der Waals surface area contributed by atoms with Crippen LogP contribution in [0, 0.1) is 0 Å². The van der Waals surface area contributed by atoms with E-state index in [0.717, 1.165) is 22.4 Å². The second-order valence-electron chi connectivity index (χ2n) is 5.16. The number of rotatable bonds is 5. The first-order valence-corrected chi connectivity index (χ1v) is 7.13. The van der Waals surface area contributed by atoms with E-state index in [9.17, 15) is 0 Å². The lowest BCUT2D eigenvalue weighted by atomic mass is 9.98. The molecule has 2 aromatic rings. The molecule has 0 unspecified atom stereocenters. The predicted molar refractivity (Wildman–Crippen MR) is 82.4 cm³/mol. The Morgan fingerprint density at radius 3 is 2.68 bits per heavy atom. The highest BCUT2D eigenvalue weighted by Crippen LogP contribution is 2.30. The lowest BCUT2D eigenvalue weighted by molar-refractivity contribution is -0.109. The van der Waals surface area contributed by atoms with Gasteiger partial charge in [0.2, 0.25) is 0 Å². The standard InChI is InChI=1S/C16H20N2O4/c1-19-9-13-15(21-3)14(20-2)10(8-22-13)16-17-11-6-4-5-7-12(11)18-16/h4-8,13-15H,9H2,1-3H3,(H,17,18)/t13-,14-,15-/m1/s1. The minimum atomic E-state index is -0.278. The Bertz CT molecular complexity index is 634. The summed E-state index contributed by atoms with van der Waals surface area (Å²) in [6.07, 6.45) is 0.927. The Labute approximate surface area is 129 Å². The highest BCUT2D eigenvalue weighted by atomic mass is 16.6. The molecule has 0 saturated heterocycles. The molecule has 0 aliphatic carbocycles. The van der Waals surface area contributed by atoms with Gasteiger partial charge in [-0.15, -0.1) is 0 Å². The number of nitrogens with zero attached hydrogens (tertiary/aromatic N) is 1. The van der Waals surface area contributed by atoms with Gasteiger partial charge in [-0.2, -0.15) is 0 Å². The number of methoxy groups -OCH3 is 3. The molecule has 1 aliphatic rings. The number of hydrogen-bond acceptors (Lipinski definition) is 5. The fourth-order valence-electron chi connectivity index (χ4n) is 2.79. The number of aromatic amines is 1. The molecule has 1 aromatic heterocycles. The lowest BCUT2D eigenvalue weighted by Crippen LogP contribution is -2.46. The first kappa shape index (κ1) is 15.0. The summed E-state index contributed by atoms with van der Waals surface area (Å²) in [5.74, 6) is 0.728. The first-order valence-electron chi connectivity index (χ1n) is 7.13. The molecule has 1 aromatic carbocycles. The lowest BCUT2D eigenvalue weighted by Gasteiger charge is -2.35. The molecule has 0 saturated carbocycles. The number of H-pyrrole nitrogens is 1. The Morgan fingerprint density at radius 1 is 1.18 bits per heavy atom. The number of benzene rings is 1. The van der Waals surface area contributed by atoms with Gasteiger partial charge in [0.1, 0.15) is 24.1 Å². The number of imidazole rings is 1. The van der Waals surface area contributed by atoms with Crippen molar-refractivity contribution in [3.05, 3.63) is 36.4 Å². The molecule has 3 atom stereocenters. The molecule has 6 nitrogen and oxygen atoms in total. The molecule has 0 fully saturated rings. The fourth-order valence-corrected chi connectivity index (χ4v) is 2.79. The van der Waals surface area contributed by atoms with Crippen molar-refractivity contribution in [2.45, 2.75) is 18.3 Å². The van der Waals surface area contributed by atoms with E-state index in [-0.39, 0.29) is 18.3 Å². The molecular formula is C16H20N2O4. The quantitative estimate of drug-likeness (QED) is 0.915. The number of fused-ring (bicyclic) bond motifs is 1. The van der Waals surface area contributed by atoms with E-state index in [0.29, 0.717) is 6.61 Å². The van der Waals surface area contributed by atoms with Gasteiger partial charge in [-0.1, -0.05) is 12.1 Å². The van der Waals surface area contributed by atoms with Crippen LogP contribution in [0.1, 0.15) is 5.82 Å². The number of aromatic nitrogens is 2. The molecule has 22 heavy (non-hydrogen) atoms. The summed E-state index contributed by atoms with van der Waals surface area (Å²) >= 11 is 0. The van der Waals surface area contributed by atoms with Gasteiger partial charge in [-0.3, -0.25) is 0 Å². The summed E-state index contributed by atoms with van der Waals surface area (Å²) in [6.45, 7) is 0.433. The third-order valence-electron chi connectivity index (χ3n) is 3.86. The molecule has 1 aliphatic heterocycles. The molecule has 0 amide bonds. The Balaban J connectivity index is 1.97. The second-order valence-corrected chi connectivity index (χ2v) is 5.16. The van der Waals surface area contributed by atoms with E-state index in [1.165, 1.54) is 0 Å². The average molecular weight is 304 g/mol. The van der Waals surface area contributed by atoms with Crippen LogP contribution in [-0.4, -0.2) is 56.2 Å². The average Bonchev–Trinajstić information content (AvgIpc) is 2.98. The molecule has 0 spiro atoms. The van der Waals surface area contributed by atoms with E-state index in [1.807, 2.05) is 24.3 Å². The van der Waals surface area contributed by atoms with Crippen LogP contribution < -0.4 is 0 Å². The Kier molecular flexibility index (Phi) is 4.42. The highest BCUT2D eigenvalue weighted by molar-refractivity contribution is 5.79. The molecule has 3 rings (SSSR count). The van der Waals surface area contributed by atoms with Crippen molar-refractivity contribution < 1.29 is 18.9 Å². The molecule has 6 heteroatoms. The highest BCUT2D eigenvalue weighted by Gasteiger charge is 2.38. The zero-order valence-electron chi connectivity index (χ0n) is 12.9. The minimum absolute atomic E-state index is 0.215. The largest absolute Gasteiger partial charge is 0.492 e. The summed E-state index contributed by atoms with van der Waals surface area (Å²) in [4.78, 5) is 7.90. The predicted octanol–water partition coefficient (Wildman–Crippen LogP) is 1.98. The summed E-state index contributed by atoms with van der Waals surface area (Å²) in [5.41, 5.74) is 2.71. The zero-order chi connectivity index (χ0) is 15.5. The Morgan fingerprint density at radius 2 is 2.00 bits per heavy atom. The number of nitrogens with one attached hydrogen (secondary N) is 1. The number of ether oxygens (including phenoxy) is 4. The van der Waals surface area contributed by atoms with Crippen molar-refractivity contribution in [2.24, 2.45) is 0 Å². The maximum Gasteiger partial charge on any atom is 0.150 e. The van der Waals surface area contributed by atoms with E-state index in [4.69, 9.17) is 18.9 Å². The van der Waals surface area contributed by atoms with E-state index >= 15 is 0 Å². The van der Waals surface area contributed by atoms with E-state index in [2.05, 4.69) is 9.97 Å². The smallest absolute Gasteiger partial charge is 0.150 e. The monoisotopic (exact) mass is 304 g/mol. The fraction of sp³-hybridized carbons (Fsp3) is 0.438. The van der Waals surface area contributed by atoms with Crippen molar-refractivity contribution in [3.8, 4) is 0 Å². The van der Waals surface area contributed by atoms with Crippen LogP contribution >= 0.6 is 0 Å². The topological polar surface area (TPSA) is 65.6 Å². The van der Waals surface area contributed by atoms with Crippen molar-refractivity contribution >= 4 is 16.6 Å². The van der Waals surface area contributed by atoms with Gasteiger partial charge < -0.3 is 23.9 Å². The maximum atomic E-state index is 5.76. The van der Waals surface area contributed by atoms with Crippen LogP contribution in [0.3, 0.4) is 0 Å². The minimum Gasteiger partial charge on any atom is -0.492 e. The van der Waals surface area contributed by atoms with Crippen molar-refractivity contribution in [3.63, 3.8) is 0 Å². The van der Waals surface area contributed by atoms with Gasteiger partial charge in [-0.05, 0) is 12.1 Å². The van der Waals surface area contributed by atoms with Gasteiger partial charge in [0.15, 0.2) is 0 Å². The van der Waals surface area contributed by atoms with Crippen LogP contribution in [0.25, 0.3) is 16.6 Å². The number of hydrogen-bond donors (Lipinski definition) is 1. The van der Waals surface area contributed by atoms with Crippen LogP contribution in [0.15, 0.2) is 30.5 Å². The summed E-state index contributed by atoms with van der Waals surface area (Å²) < 4.78 is 22.2. The van der Waals surface area contributed by atoms with Gasteiger partial charge in [-0.25, -0.2) is 4.98 Å². The SMILES string of the molecule is COC[C@H]1OC=C(c2nc3ccccc3[nH]2)[C@@H](OC)[C@@H]1OC. The van der Waals surface area contributed by atoms with Crippen LogP contribution in [-0.2, 0) is 18.9 Å². The van der Waals surface area contributed by atoms with Gasteiger partial charge in [0.25, 0.3) is 0 Å². The van der Waals surface area contributed by atoms with Gasteiger partial charge in [0, 0.05) is 21.3 Å². The van der Waals surface area contributed by atoms with Gasteiger partial charge >= 0.3 is 0 Å². The zero-order valence-corrected chi connectivity index (χ0v) is 12.9. The molecule has 1 N–H and O–H groups in total. The normalized spacial score (nSPS) is 25.0. The van der Waals surface area contributed by atoms with Crippen molar-refractivity contribution in [1.82, 2.24) is 9.97 Å². The maximum absolute atomic E-state index is 5.76. The summed E-state index contributed by atoms with van der Waals surface area (Å²) in [5, 5.41) is 0. The van der Waals surface area contributed by atoms with Crippen LogP contribution in [0.5, 0.6) is 0 Å². The second kappa shape index (κ2) is 6.48. The van der Waals surface area contributed by atoms with Crippen LogP contribution in [0.4, 0.5) is 0 Å². The van der Waals surface area contributed by atoms with Crippen LogP contribution in [0.2, 0.25) is 0 Å². The summed E-state index contributed by atoms with van der Waals surface area (Å²) in [7, 11) is 4.93. The van der Waals surface area contributed by atoms with E-state index < -0.39 is 0 Å². The van der Waals surface area contributed by atoms with Crippen molar-refractivity contribution in [2.75, 3.05) is 27.9 Å². The van der Waals surface area contributed by atoms with E-state index in [1.54, 1.807) is 27.6 Å². The first-order chi connectivity index (χ1) is 10.8. The van der Waals surface area contributed by atoms with Crippen molar-refractivity contribution in [1.29, 1.82) is 0 Å².